The Labute approximate surface area is 163 Å². The molecule has 4 nitrogen and oxygen atoms in total. The number of rotatable bonds is 4. The van der Waals surface area contributed by atoms with Crippen LogP contribution in [0.1, 0.15) is 0 Å². The Balaban J connectivity index is 1.54. The van der Waals surface area contributed by atoms with Crippen molar-refractivity contribution in [1.29, 1.82) is 0 Å². The maximum atomic E-state index is 2.15. The van der Waals surface area contributed by atoms with E-state index in [2.05, 4.69) is 129 Å². The van der Waals surface area contributed by atoms with E-state index >= 15 is 0 Å². The second-order valence-electron chi connectivity index (χ2n) is 6.62. The molecule has 0 N–H and O–H groups in total. The van der Waals surface area contributed by atoms with Crippen LogP contribution in [0.15, 0.2) is 122 Å². The zero-order valence-corrected chi connectivity index (χ0v) is 15.3. The van der Waals surface area contributed by atoms with E-state index in [9.17, 15) is 0 Å². The molecule has 3 aromatic carbocycles. The minimum absolute atomic E-state index is 1.12. The van der Waals surface area contributed by atoms with Gasteiger partial charge in [0, 0.05) is 0 Å². The quantitative estimate of drug-likeness (QED) is 0.432. The van der Waals surface area contributed by atoms with Crippen LogP contribution < -0.4 is 9.13 Å². The van der Waals surface area contributed by atoms with E-state index in [1.165, 1.54) is 0 Å². The Bertz CT molecular complexity index is 1110. The van der Waals surface area contributed by atoms with Gasteiger partial charge in [-0.05, 0) is 36.4 Å². The van der Waals surface area contributed by atoms with Crippen LogP contribution in [0.4, 0.5) is 0 Å². The first-order valence-corrected chi connectivity index (χ1v) is 9.28. The average Bonchev–Trinajstić information content (AvgIpc) is 3.45. The van der Waals surface area contributed by atoms with Gasteiger partial charge in [-0.3, -0.25) is 0 Å². The van der Waals surface area contributed by atoms with Crippen molar-refractivity contribution in [3.05, 3.63) is 122 Å². The van der Waals surface area contributed by atoms with Crippen LogP contribution in [0.5, 0.6) is 0 Å². The molecule has 0 unspecified atom stereocenters. The van der Waals surface area contributed by atoms with Crippen LogP contribution in [-0.4, -0.2) is 9.13 Å². The molecular weight excluding hydrogens is 344 g/mol. The first-order chi connectivity index (χ1) is 13.9. The molecule has 0 spiro atoms. The fraction of sp³-hybridized carbons (Fsp3) is 0. The molecule has 0 bridgehead atoms. The van der Waals surface area contributed by atoms with Crippen molar-refractivity contribution in [2.75, 3.05) is 0 Å². The first kappa shape index (κ1) is 16.3. The van der Waals surface area contributed by atoms with Crippen molar-refractivity contribution in [2.45, 2.75) is 0 Å². The zero-order chi connectivity index (χ0) is 18.8. The fourth-order valence-corrected chi connectivity index (χ4v) is 3.40. The average molecular weight is 364 g/mol. The van der Waals surface area contributed by atoms with Gasteiger partial charge < -0.3 is 0 Å². The molecule has 5 aromatic rings. The monoisotopic (exact) mass is 364 g/mol. The van der Waals surface area contributed by atoms with Gasteiger partial charge in [-0.2, -0.15) is 9.13 Å². The molecule has 0 saturated heterocycles. The van der Waals surface area contributed by atoms with Crippen LogP contribution in [-0.2, 0) is 0 Å². The summed E-state index contributed by atoms with van der Waals surface area (Å²) < 4.78 is 8.54. The molecule has 0 radical (unpaired) electrons. The highest BCUT2D eigenvalue weighted by molar-refractivity contribution is 5.40. The molecule has 0 saturated carbocycles. The molecule has 0 aliphatic heterocycles. The summed E-state index contributed by atoms with van der Waals surface area (Å²) in [6.07, 6.45) is 12.5. The lowest BCUT2D eigenvalue weighted by molar-refractivity contribution is -0.632. The van der Waals surface area contributed by atoms with Crippen LogP contribution in [0.3, 0.4) is 0 Å². The summed E-state index contributed by atoms with van der Waals surface area (Å²) >= 11 is 0. The van der Waals surface area contributed by atoms with Gasteiger partial charge in [0.05, 0.1) is 0 Å². The number of aromatic nitrogens is 4. The second-order valence-corrected chi connectivity index (χ2v) is 6.62. The number of benzene rings is 3. The molecule has 0 aliphatic rings. The first-order valence-electron chi connectivity index (χ1n) is 9.28. The smallest absolute Gasteiger partial charge is 0.202 e. The molecule has 0 fully saturated rings. The van der Waals surface area contributed by atoms with E-state index in [1.807, 2.05) is 12.1 Å². The van der Waals surface area contributed by atoms with E-state index in [4.69, 9.17) is 0 Å². The fourth-order valence-electron chi connectivity index (χ4n) is 3.40. The van der Waals surface area contributed by atoms with E-state index in [0.717, 1.165) is 22.7 Å². The Kier molecular flexibility index (Phi) is 4.07. The van der Waals surface area contributed by atoms with Crippen LogP contribution in [0.2, 0.25) is 0 Å². The standard InChI is InChI=1S/C24H20N4/c1-3-9-21(10-4-1)25-15-17-27(19-25)23-13-7-8-14-24(23)28-18-16-26(20-28)22-11-5-2-6-12-22/h1-20H/q+2. The number of hydrogen-bond donors (Lipinski definition) is 0. The topological polar surface area (TPSA) is 17.6 Å². The van der Waals surface area contributed by atoms with Gasteiger partial charge in [0.2, 0.25) is 0 Å². The summed E-state index contributed by atoms with van der Waals surface area (Å²) in [4.78, 5) is 0. The molecule has 5 rings (SSSR count). The van der Waals surface area contributed by atoms with E-state index < -0.39 is 0 Å². The van der Waals surface area contributed by atoms with Crippen molar-refractivity contribution >= 4 is 0 Å². The zero-order valence-electron chi connectivity index (χ0n) is 15.3. The van der Waals surface area contributed by atoms with Crippen LogP contribution >= 0.6 is 0 Å². The Morgan fingerprint density at radius 2 is 0.857 bits per heavy atom. The molecule has 2 heterocycles. The van der Waals surface area contributed by atoms with Gasteiger partial charge in [-0.25, -0.2) is 9.13 Å². The summed E-state index contributed by atoms with van der Waals surface area (Å²) in [7, 11) is 0. The second kappa shape index (κ2) is 7.00. The SMILES string of the molecule is c1ccc(-n2cc[n+](-c3ccccc3-[n+]3ccn(-c4ccccc4)c3)c2)cc1. The molecular formula is C24H20N4+2. The Morgan fingerprint density at radius 1 is 0.464 bits per heavy atom. The van der Waals surface area contributed by atoms with Gasteiger partial charge in [-0.15, -0.1) is 0 Å². The predicted octanol–water partition coefficient (Wildman–Crippen LogP) is 3.82. The highest BCUT2D eigenvalue weighted by atomic mass is 15.2. The van der Waals surface area contributed by atoms with Crippen molar-refractivity contribution in [3.8, 4) is 22.7 Å². The van der Waals surface area contributed by atoms with Gasteiger partial charge >= 0.3 is 0 Å². The molecule has 0 amide bonds. The lowest BCUT2D eigenvalue weighted by Crippen LogP contribution is -2.37. The van der Waals surface area contributed by atoms with Crippen LogP contribution in [0, 0.1) is 0 Å². The largest absolute Gasteiger partial charge is 0.254 e. The van der Waals surface area contributed by atoms with Crippen LogP contribution in [0.25, 0.3) is 22.7 Å². The maximum Gasteiger partial charge on any atom is 0.254 e. The molecule has 0 atom stereocenters. The molecule has 28 heavy (non-hydrogen) atoms. The lowest BCUT2D eigenvalue weighted by Gasteiger charge is -2.02. The molecule has 2 aromatic heterocycles. The highest BCUT2D eigenvalue weighted by Crippen LogP contribution is 2.12. The lowest BCUT2D eigenvalue weighted by atomic mass is 10.2. The number of nitrogens with zero attached hydrogens (tertiary/aromatic N) is 4. The number of imidazole rings is 2. The third-order valence-corrected chi connectivity index (χ3v) is 4.82. The predicted molar refractivity (Wildman–Crippen MR) is 108 cm³/mol. The molecule has 134 valence electrons. The third kappa shape index (κ3) is 3.01. The van der Waals surface area contributed by atoms with Gasteiger partial charge in [0.15, 0.2) is 11.4 Å². The van der Waals surface area contributed by atoms with E-state index in [0.29, 0.717) is 0 Å². The summed E-state index contributed by atoms with van der Waals surface area (Å²) in [5.41, 5.74) is 4.52. The summed E-state index contributed by atoms with van der Waals surface area (Å²) in [6, 6.07) is 29.1. The van der Waals surface area contributed by atoms with Gasteiger partial charge in [0.1, 0.15) is 36.2 Å². The summed E-state index contributed by atoms with van der Waals surface area (Å²) in [5.74, 6) is 0. The Morgan fingerprint density at radius 3 is 1.29 bits per heavy atom. The molecule has 0 aliphatic carbocycles. The third-order valence-electron chi connectivity index (χ3n) is 4.82. The number of hydrogen-bond acceptors (Lipinski definition) is 0. The maximum absolute atomic E-state index is 2.15. The Hall–Kier alpha value is -3.92. The van der Waals surface area contributed by atoms with Gasteiger partial charge in [-0.1, -0.05) is 48.5 Å². The van der Waals surface area contributed by atoms with Crippen molar-refractivity contribution in [3.63, 3.8) is 0 Å². The van der Waals surface area contributed by atoms with E-state index in [1.54, 1.807) is 0 Å². The summed E-state index contributed by atoms with van der Waals surface area (Å²) in [6.45, 7) is 0. The minimum atomic E-state index is 1.12. The minimum Gasteiger partial charge on any atom is -0.202 e. The van der Waals surface area contributed by atoms with Crippen molar-refractivity contribution < 1.29 is 9.13 Å². The van der Waals surface area contributed by atoms with E-state index in [-0.39, 0.29) is 0 Å². The van der Waals surface area contributed by atoms with Gasteiger partial charge in [0.25, 0.3) is 12.7 Å². The normalized spacial score (nSPS) is 10.9. The highest BCUT2D eigenvalue weighted by Gasteiger charge is 2.17. The van der Waals surface area contributed by atoms with Crippen molar-refractivity contribution in [2.24, 2.45) is 0 Å². The van der Waals surface area contributed by atoms with Crippen molar-refractivity contribution in [1.82, 2.24) is 9.13 Å². The summed E-state index contributed by atoms with van der Waals surface area (Å²) in [5, 5.41) is 0. The number of para-hydroxylation sites is 4. The molecule has 4 heteroatoms.